The molecule has 124 valence electrons. The average molecular weight is 353 g/mol. The van der Waals surface area contributed by atoms with Crippen molar-refractivity contribution < 1.29 is 4.92 Å². The van der Waals surface area contributed by atoms with Crippen LogP contribution in [-0.2, 0) is 0 Å². The van der Waals surface area contributed by atoms with Crippen LogP contribution in [0.5, 0.6) is 0 Å². The molecule has 0 saturated carbocycles. The number of anilines is 3. The van der Waals surface area contributed by atoms with E-state index >= 15 is 0 Å². The molecule has 10 heteroatoms. The molecule has 0 aliphatic heterocycles. The first-order valence-corrected chi connectivity index (χ1v) is 8.01. The second kappa shape index (κ2) is 5.83. The minimum Gasteiger partial charge on any atom is -0.374 e. The summed E-state index contributed by atoms with van der Waals surface area (Å²) >= 11 is 1.17. The first kappa shape index (κ1) is 15.0. The SMILES string of the molecule is Nc1nnc(-c2ccc(Nc3nc4ccccc4[nH]3)c([N+](=O)[O-])c2)s1. The summed E-state index contributed by atoms with van der Waals surface area (Å²) in [7, 11) is 0. The summed E-state index contributed by atoms with van der Waals surface area (Å²) in [4.78, 5) is 18.4. The number of aromatic amines is 1. The molecule has 0 unspecified atom stereocenters. The van der Waals surface area contributed by atoms with Gasteiger partial charge in [-0.3, -0.25) is 10.1 Å². The van der Waals surface area contributed by atoms with Crippen LogP contribution in [0, 0.1) is 10.1 Å². The molecule has 0 saturated heterocycles. The van der Waals surface area contributed by atoms with Crippen molar-refractivity contribution in [2.75, 3.05) is 11.1 Å². The summed E-state index contributed by atoms with van der Waals surface area (Å²) in [6.07, 6.45) is 0. The van der Waals surface area contributed by atoms with E-state index in [-0.39, 0.29) is 5.69 Å². The van der Waals surface area contributed by atoms with Crippen molar-refractivity contribution in [2.45, 2.75) is 0 Å². The lowest BCUT2D eigenvalue weighted by molar-refractivity contribution is -0.383. The van der Waals surface area contributed by atoms with Crippen LogP contribution in [0.15, 0.2) is 42.5 Å². The second-order valence-electron chi connectivity index (χ2n) is 5.16. The Balaban J connectivity index is 1.72. The number of nitrogen functional groups attached to an aromatic ring is 1. The molecule has 25 heavy (non-hydrogen) atoms. The zero-order chi connectivity index (χ0) is 17.4. The molecule has 0 amide bonds. The number of nitrogens with one attached hydrogen (secondary N) is 2. The molecule has 0 radical (unpaired) electrons. The normalized spacial score (nSPS) is 10.9. The van der Waals surface area contributed by atoms with Gasteiger partial charge in [-0.25, -0.2) is 4.98 Å². The van der Waals surface area contributed by atoms with E-state index in [1.54, 1.807) is 12.1 Å². The third-order valence-electron chi connectivity index (χ3n) is 3.52. The minimum atomic E-state index is -0.459. The number of imidazole rings is 1. The van der Waals surface area contributed by atoms with Gasteiger partial charge in [0.2, 0.25) is 11.1 Å². The summed E-state index contributed by atoms with van der Waals surface area (Å²) in [6.45, 7) is 0. The Morgan fingerprint density at radius 2 is 2.04 bits per heavy atom. The smallest absolute Gasteiger partial charge is 0.293 e. The lowest BCUT2D eigenvalue weighted by Crippen LogP contribution is -1.98. The number of hydrogen-bond acceptors (Lipinski definition) is 8. The molecule has 2 heterocycles. The number of benzene rings is 2. The number of hydrogen-bond donors (Lipinski definition) is 3. The van der Waals surface area contributed by atoms with E-state index in [0.717, 1.165) is 11.0 Å². The van der Waals surface area contributed by atoms with Crippen molar-refractivity contribution in [1.82, 2.24) is 20.2 Å². The van der Waals surface area contributed by atoms with Crippen LogP contribution >= 0.6 is 11.3 Å². The minimum absolute atomic E-state index is 0.0910. The molecule has 4 rings (SSSR count). The van der Waals surface area contributed by atoms with Gasteiger partial charge >= 0.3 is 0 Å². The highest BCUT2D eigenvalue weighted by Crippen LogP contribution is 2.33. The number of nitro benzene ring substituents is 1. The van der Waals surface area contributed by atoms with E-state index in [9.17, 15) is 10.1 Å². The van der Waals surface area contributed by atoms with Crippen LogP contribution in [0.2, 0.25) is 0 Å². The Morgan fingerprint density at radius 3 is 2.76 bits per heavy atom. The summed E-state index contributed by atoms with van der Waals surface area (Å²) < 4.78 is 0. The molecular formula is C15H11N7O2S. The van der Waals surface area contributed by atoms with Crippen LogP contribution in [0.3, 0.4) is 0 Å². The van der Waals surface area contributed by atoms with Gasteiger partial charge in [0.05, 0.1) is 16.0 Å². The lowest BCUT2D eigenvalue weighted by Gasteiger charge is -2.05. The highest BCUT2D eigenvalue weighted by atomic mass is 32.1. The van der Waals surface area contributed by atoms with Crippen LogP contribution in [0.4, 0.5) is 22.5 Å². The molecule has 0 aliphatic carbocycles. The van der Waals surface area contributed by atoms with Crippen molar-refractivity contribution in [2.24, 2.45) is 0 Å². The fourth-order valence-corrected chi connectivity index (χ4v) is 3.02. The van der Waals surface area contributed by atoms with Crippen LogP contribution in [-0.4, -0.2) is 25.1 Å². The zero-order valence-electron chi connectivity index (χ0n) is 12.6. The van der Waals surface area contributed by atoms with Crippen LogP contribution in [0.1, 0.15) is 0 Å². The van der Waals surface area contributed by atoms with Gasteiger partial charge in [-0.05, 0) is 24.3 Å². The number of rotatable bonds is 4. The van der Waals surface area contributed by atoms with Gasteiger partial charge in [0.15, 0.2) is 0 Å². The fourth-order valence-electron chi connectivity index (χ4n) is 2.41. The predicted octanol–water partition coefficient (Wildman–Crippen LogP) is 3.32. The van der Waals surface area contributed by atoms with Gasteiger partial charge in [0, 0.05) is 11.6 Å². The highest BCUT2D eigenvalue weighted by Gasteiger charge is 2.18. The van der Waals surface area contributed by atoms with Crippen molar-refractivity contribution >= 4 is 44.8 Å². The monoisotopic (exact) mass is 353 g/mol. The molecular weight excluding hydrogens is 342 g/mol. The van der Waals surface area contributed by atoms with E-state index in [1.807, 2.05) is 24.3 Å². The highest BCUT2D eigenvalue weighted by molar-refractivity contribution is 7.18. The molecule has 0 aliphatic rings. The Hall–Kier alpha value is -3.53. The van der Waals surface area contributed by atoms with Gasteiger partial charge in [-0.15, -0.1) is 10.2 Å². The molecule has 2 aromatic carbocycles. The van der Waals surface area contributed by atoms with E-state index in [2.05, 4.69) is 25.5 Å². The van der Waals surface area contributed by atoms with Crippen molar-refractivity contribution in [3.8, 4) is 10.6 Å². The maximum absolute atomic E-state index is 11.5. The third kappa shape index (κ3) is 2.85. The molecule has 0 fully saturated rings. The van der Waals surface area contributed by atoms with Gasteiger partial charge < -0.3 is 16.0 Å². The molecule has 0 spiro atoms. The number of fused-ring (bicyclic) bond motifs is 1. The molecule has 4 N–H and O–H groups in total. The summed E-state index contributed by atoms with van der Waals surface area (Å²) in [6, 6.07) is 12.3. The number of H-pyrrole nitrogens is 1. The van der Waals surface area contributed by atoms with Gasteiger partial charge in [0.1, 0.15) is 10.7 Å². The topological polar surface area (TPSA) is 136 Å². The Kier molecular flexibility index (Phi) is 3.51. The lowest BCUT2D eigenvalue weighted by atomic mass is 10.2. The van der Waals surface area contributed by atoms with E-state index < -0.39 is 4.92 Å². The predicted molar refractivity (Wildman–Crippen MR) is 95.8 cm³/mol. The van der Waals surface area contributed by atoms with Gasteiger partial charge in [0.25, 0.3) is 5.69 Å². The van der Waals surface area contributed by atoms with E-state index in [0.29, 0.717) is 27.3 Å². The van der Waals surface area contributed by atoms with Crippen LogP contribution < -0.4 is 11.1 Å². The summed E-state index contributed by atoms with van der Waals surface area (Å²) in [5, 5.41) is 22.9. The fraction of sp³-hybridized carbons (Fsp3) is 0. The summed E-state index contributed by atoms with van der Waals surface area (Å²) in [5.41, 5.74) is 8.00. The first-order valence-electron chi connectivity index (χ1n) is 7.20. The molecule has 2 aromatic heterocycles. The zero-order valence-corrected chi connectivity index (χ0v) is 13.4. The van der Waals surface area contributed by atoms with Crippen molar-refractivity contribution in [3.05, 3.63) is 52.6 Å². The number of nitrogens with two attached hydrogens (primary N) is 1. The van der Waals surface area contributed by atoms with Gasteiger partial charge in [-0.1, -0.05) is 23.5 Å². The van der Waals surface area contributed by atoms with Crippen molar-refractivity contribution in [3.63, 3.8) is 0 Å². The standard InChI is InChI=1S/C15H11N7O2S/c16-14-21-20-13(25-14)8-5-6-11(12(7-8)22(23)24)19-15-17-9-3-1-2-4-10(9)18-15/h1-7H,(H2,16,21)(H2,17,18,19). The maximum atomic E-state index is 11.5. The third-order valence-corrected chi connectivity index (χ3v) is 4.33. The number of para-hydroxylation sites is 2. The second-order valence-corrected chi connectivity index (χ2v) is 6.17. The van der Waals surface area contributed by atoms with Gasteiger partial charge in [-0.2, -0.15) is 0 Å². The average Bonchev–Trinajstić information content (AvgIpc) is 3.20. The molecule has 0 atom stereocenters. The molecule has 9 nitrogen and oxygen atoms in total. The Bertz CT molecular complexity index is 1060. The maximum Gasteiger partial charge on any atom is 0.293 e. The Morgan fingerprint density at radius 1 is 1.20 bits per heavy atom. The number of nitro groups is 1. The van der Waals surface area contributed by atoms with Crippen LogP contribution in [0.25, 0.3) is 21.6 Å². The Labute approximate surface area is 144 Å². The summed E-state index contributed by atoms with van der Waals surface area (Å²) in [5.74, 6) is 0.428. The number of aromatic nitrogens is 4. The first-order chi connectivity index (χ1) is 12.1. The molecule has 0 bridgehead atoms. The molecule has 4 aromatic rings. The van der Waals surface area contributed by atoms with Crippen molar-refractivity contribution in [1.29, 1.82) is 0 Å². The number of nitrogens with zero attached hydrogens (tertiary/aromatic N) is 4. The van der Waals surface area contributed by atoms with E-state index in [1.165, 1.54) is 17.4 Å². The van der Waals surface area contributed by atoms with E-state index in [4.69, 9.17) is 5.73 Å². The quantitative estimate of drug-likeness (QED) is 0.378. The largest absolute Gasteiger partial charge is 0.374 e.